The Morgan fingerprint density at radius 1 is 0.478 bits per heavy atom. The van der Waals surface area contributed by atoms with E-state index in [1.165, 1.54) is 77.0 Å². The molecule has 2 aliphatic rings. The highest BCUT2D eigenvalue weighted by atomic mass is 16.7. The van der Waals surface area contributed by atoms with Crippen LogP contribution in [0.4, 0.5) is 0 Å². The fraction of sp³-hybridized carbons (Fsp3) is 0.741. The van der Waals surface area contributed by atoms with E-state index in [2.05, 4.69) is 32.1 Å². The van der Waals surface area contributed by atoms with Gasteiger partial charge in [-0.15, -0.1) is 0 Å². The predicted molar refractivity (Wildman–Crippen MR) is 266 cm³/mol. The molecule has 0 bridgehead atoms. The molecule has 2 heterocycles. The minimum Gasteiger partial charge on any atom is -0.462 e. The van der Waals surface area contributed by atoms with Crippen LogP contribution >= 0.6 is 0 Å². The van der Waals surface area contributed by atoms with Crippen molar-refractivity contribution in [3.63, 3.8) is 0 Å². The van der Waals surface area contributed by atoms with Crippen LogP contribution in [0, 0.1) is 0 Å². The molecule has 0 aromatic heterocycles. The SMILES string of the molecule is CC/C=C/C=C/C=C/C=C/C=C/CCCC(=O)OC(COC(=O)CCCCCCCCC/C=C/CCCCCCCCCCC)CO[C@@H]1O[C@H](CO[C@@H]2O[C@H](CO)[C@H](O)C(O)C2O)[C@H](O)C(O)C1O. The van der Waals surface area contributed by atoms with Crippen molar-refractivity contribution in [3.8, 4) is 0 Å². The predicted octanol–water partition coefficient (Wildman–Crippen LogP) is 7.43. The molecule has 2 fully saturated rings. The minimum atomic E-state index is -1.78. The molecule has 0 radical (unpaired) electrons. The smallest absolute Gasteiger partial charge is 0.306 e. The molecule has 0 amide bonds. The molecular formula is C54H90O15. The summed E-state index contributed by atoms with van der Waals surface area (Å²) >= 11 is 0. The first-order valence-corrected chi connectivity index (χ1v) is 26.1. The largest absolute Gasteiger partial charge is 0.462 e. The molecule has 0 aromatic carbocycles. The summed E-state index contributed by atoms with van der Waals surface area (Å²) in [7, 11) is 0. The molecule has 5 unspecified atom stereocenters. The number of hydrogen-bond acceptors (Lipinski definition) is 15. The Morgan fingerprint density at radius 3 is 1.51 bits per heavy atom. The van der Waals surface area contributed by atoms with Gasteiger partial charge in [-0.1, -0.05) is 170 Å². The van der Waals surface area contributed by atoms with Crippen molar-refractivity contribution in [1.29, 1.82) is 0 Å². The molecule has 7 N–H and O–H groups in total. The zero-order valence-electron chi connectivity index (χ0n) is 41.8. The first-order chi connectivity index (χ1) is 33.5. The average molecular weight is 979 g/mol. The van der Waals surface area contributed by atoms with Crippen molar-refractivity contribution < 1.29 is 73.8 Å². The zero-order chi connectivity index (χ0) is 50.3. The second-order valence-corrected chi connectivity index (χ2v) is 18.1. The van der Waals surface area contributed by atoms with Crippen molar-refractivity contribution in [2.24, 2.45) is 0 Å². The molecule has 15 heteroatoms. The second kappa shape index (κ2) is 40.5. The van der Waals surface area contributed by atoms with Crippen molar-refractivity contribution in [1.82, 2.24) is 0 Å². The zero-order valence-corrected chi connectivity index (χ0v) is 41.8. The van der Waals surface area contributed by atoms with Crippen molar-refractivity contribution in [2.75, 3.05) is 26.4 Å². The average Bonchev–Trinajstić information content (AvgIpc) is 3.34. The Labute approximate surface area is 412 Å². The van der Waals surface area contributed by atoms with Gasteiger partial charge >= 0.3 is 11.9 Å². The van der Waals surface area contributed by atoms with Crippen LogP contribution in [0.3, 0.4) is 0 Å². The van der Waals surface area contributed by atoms with Crippen LogP contribution < -0.4 is 0 Å². The molecular weight excluding hydrogens is 889 g/mol. The van der Waals surface area contributed by atoms with Crippen LogP contribution in [-0.2, 0) is 38.0 Å². The summed E-state index contributed by atoms with van der Waals surface area (Å²) in [6.45, 7) is 2.35. The first-order valence-electron chi connectivity index (χ1n) is 26.1. The topological polar surface area (TPSA) is 231 Å². The van der Waals surface area contributed by atoms with Crippen molar-refractivity contribution in [3.05, 3.63) is 72.9 Å². The summed E-state index contributed by atoms with van der Waals surface area (Å²) in [6.07, 6.45) is 30.9. The highest BCUT2D eigenvalue weighted by Crippen LogP contribution is 2.26. The summed E-state index contributed by atoms with van der Waals surface area (Å²) in [5, 5.41) is 72.0. The lowest BCUT2D eigenvalue weighted by Crippen LogP contribution is -2.61. The number of allylic oxidation sites excluding steroid dienone is 12. The summed E-state index contributed by atoms with van der Waals surface area (Å²) < 4.78 is 33.5. The van der Waals surface area contributed by atoms with Crippen LogP contribution in [0.15, 0.2) is 72.9 Å². The van der Waals surface area contributed by atoms with Gasteiger partial charge in [-0.2, -0.15) is 0 Å². The number of carbonyl (C=O) groups excluding carboxylic acids is 2. The Bertz CT molecular complexity index is 1480. The van der Waals surface area contributed by atoms with Crippen molar-refractivity contribution in [2.45, 2.75) is 229 Å². The minimum absolute atomic E-state index is 0.0649. The molecule has 2 saturated heterocycles. The number of unbranched alkanes of at least 4 members (excludes halogenated alkanes) is 17. The van der Waals surface area contributed by atoms with Crippen LogP contribution in [0.5, 0.6) is 0 Å². The number of aliphatic hydroxyl groups excluding tert-OH is 7. The third kappa shape index (κ3) is 28.5. The van der Waals surface area contributed by atoms with Gasteiger partial charge in [0.15, 0.2) is 18.7 Å². The van der Waals surface area contributed by atoms with Gasteiger partial charge in [-0.05, 0) is 51.4 Å². The summed E-state index contributed by atoms with van der Waals surface area (Å²) in [4.78, 5) is 25.7. The van der Waals surface area contributed by atoms with Crippen LogP contribution in [0.25, 0.3) is 0 Å². The van der Waals surface area contributed by atoms with Crippen LogP contribution in [0.2, 0.25) is 0 Å². The number of ether oxygens (including phenoxy) is 6. The Morgan fingerprint density at radius 2 is 0.942 bits per heavy atom. The van der Waals surface area contributed by atoms with Gasteiger partial charge in [0.1, 0.15) is 55.4 Å². The number of aliphatic hydroxyl groups is 7. The van der Waals surface area contributed by atoms with Gasteiger partial charge < -0.3 is 64.2 Å². The standard InChI is InChI=1S/C54H90O15/c1-3-5-7-9-11-13-15-17-18-19-20-21-22-23-25-26-28-30-32-34-36-45(56)64-39-42(67-46(57)37-35-33-31-29-27-24-16-14-12-10-8-6-4-2)40-65-53-52(63)50(61)48(59)44(69-53)41-66-54-51(62)49(60)47(58)43(38-55)68-54/h6,8,10,12,14,16,20-21,24,27,29,31,42-44,47-55,58-63H,3-5,7,9,11,13,15,17-19,22-23,25-26,28,30,32-41H2,1-2H3/b8-6+,12-10+,16-14+,21-20+,27-24+,31-29+/t42?,43-,44-,47+,48+,49?,50?,51?,52?,53-,54-/m1/s1. The summed E-state index contributed by atoms with van der Waals surface area (Å²) in [6, 6.07) is 0. The quantitative estimate of drug-likeness (QED) is 0.0137. The number of esters is 2. The lowest BCUT2D eigenvalue weighted by molar-refractivity contribution is -0.332. The molecule has 396 valence electrons. The van der Waals surface area contributed by atoms with Crippen LogP contribution in [-0.4, -0.2) is 142 Å². The molecule has 2 aliphatic heterocycles. The number of hydrogen-bond donors (Lipinski definition) is 7. The highest BCUT2D eigenvalue weighted by molar-refractivity contribution is 5.70. The first kappa shape index (κ1) is 62.1. The third-order valence-corrected chi connectivity index (χ3v) is 12.0. The summed E-state index contributed by atoms with van der Waals surface area (Å²) in [5.74, 6) is -1.02. The van der Waals surface area contributed by atoms with Gasteiger partial charge in [-0.25, -0.2) is 0 Å². The van der Waals surface area contributed by atoms with Gasteiger partial charge in [-0.3, -0.25) is 9.59 Å². The van der Waals surface area contributed by atoms with Gasteiger partial charge in [0, 0.05) is 12.8 Å². The van der Waals surface area contributed by atoms with E-state index in [0.717, 1.165) is 38.5 Å². The summed E-state index contributed by atoms with van der Waals surface area (Å²) in [5.41, 5.74) is 0. The van der Waals surface area contributed by atoms with Gasteiger partial charge in [0.05, 0.1) is 19.8 Å². The number of carbonyl (C=O) groups is 2. The molecule has 2 rings (SSSR count). The lowest BCUT2D eigenvalue weighted by atomic mass is 9.98. The third-order valence-electron chi connectivity index (χ3n) is 12.0. The Hall–Kier alpha value is -3.06. The molecule has 0 saturated carbocycles. The Kier molecular flexibility index (Phi) is 36.4. The van der Waals surface area contributed by atoms with E-state index in [0.29, 0.717) is 19.3 Å². The molecule has 0 spiro atoms. The maximum absolute atomic E-state index is 12.9. The maximum Gasteiger partial charge on any atom is 0.306 e. The Balaban J connectivity index is 1.81. The van der Waals surface area contributed by atoms with E-state index in [-0.39, 0.29) is 19.4 Å². The van der Waals surface area contributed by atoms with E-state index >= 15 is 0 Å². The van der Waals surface area contributed by atoms with E-state index in [1.807, 2.05) is 54.7 Å². The molecule has 0 aliphatic carbocycles. The van der Waals surface area contributed by atoms with E-state index in [1.54, 1.807) is 0 Å². The second-order valence-electron chi connectivity index (χ2n) is 18.1. The van der Waals surface area contributed by atoms with E-state index in [4.69, 9.17) is 28.4 Å². The van der Waals surface area contributed by atoms with Gasteiger partial charge in [0.2, 0.25) is 0 Å². The maximum atomic E-state index is 12.9. The normalized spacial score (nSPS) is 26.2. The van der Waals surface area contributed by atoms with E-state index < -0.39 is 99.3 Å². The fourth-order valence-electron chi connectivity index (χ4n) is 7.77. The monoisotopic (exact) mass is 979 g/mol. The fourth-order valence-corrected chi connectivity index (χ4v) is 7.77. The number of rotatable bonds is 39. The molecule has 15 nitrogen and oxygen atoms in total. The molecule has 11 atom stereocenters. The van der Waals surface area contributed by atoms with Crippen LogP contribution in [0.1, 0.15) is 162 Å². The van der Waals surface area contributed by atoms with E-state index in [9.17, 15) is 45.3 Å². The van der Waals surface area contributed by atoms with Crippen molar-refractivity contribution >= 4 is 11.9 Å². The van der Waals surface area contributed by atoms with Gasteiger partial charge in [0.25, 0.3) is 0 Å². The molecule has 69 heavy (non-hydrogen) atoms. The lowest BCUT2D eigenvalue weighted by Gasteiger charge is -2.42. The highest BCUT2D eigenvalue weighted by Gasteiger charge is 2.47. The molecule has 0 aromatic rings.